The topological polar surface area (TPSA) is 111 Å². The van der Waals surface area contributed by atoms with Crippen molar-refractivity contribution in [3.63, 3.8) is 0 Å². The normalized spacial score (nSPS) is 17.3. The van der Waals surface area contributed by atoms with E-state index in [2.05, 4.69) is 39.8 Å². The van der Waals surface area contributed by atoms with Gasteiger partial charge in [0.2, 0.25) is 0 Å². The minimum absolute atomic E-state index is 0.0592. The minimum Gasteiger partial charge on any atom is -0.756 e. The maximum absolute atomic E-state index is 12.8. The van der Waals surface area contributed by atoms with Gasteiger partial charge in [-0.1, -0.05) is 139 Å². The van der Waals surface area contributed by atoms with Crippen LogP contribution in [0.1, 0.15) is 151 Å². The Morgan fingerprint density at radius 2 is 1.46 bits per heavy atom. The molecule has 0 saturated heterocycles. The maximum Gasteiger partial charge on any atom is 0.331 e. The first-order chi connectivity index (χ1) is 25.4. The van der Waals surface area contributed by atoms with Crippen LogP contribution >= 0.6 is 7.82 Å². The number of allylic oxidation sites excluding steroid dienone is 9. The lowest BCUT2D eigenvalue weighted by atomic mass is 9.72. The Bertz CT molecular complexity index is 1300. The summed E-state index contributed by atoms with van der Waals surface area (Å²) in [7, 11) is 1.07. The Balaban J connectivity index is 2.66. The molecule has 1 rings (SSSR count). The summed E-state index contributed by atoms with van der Waals surface area (Å²) < 4.78 is 33.9. The predicted molar refractivity (Wildman–Crippen MR) is 220 cm³/mol. The molecule has 0 amide bonds. The molecule has 0 heterocycles. The number of quaternary nitrogens is 1. The molecular weight excluding hydrogens is 701 g/mol. The van der Waals surface area contributed by atoms with Gasteiger partial charge in [0.15, 0.2) is 6.10 Å². The minimum atomic E-state index is -4.68. The largest absolute Gasteiger partial charge is 0.756 e. The molecule has 0 fully saturated rings. The fourth-order valence-electron chi connectivity index (χ4n) is 6.36. The standard InChI is InChI=1S/C44H76NO8P/c1-10-11-12-13-14-15-16-17-18-19-20-21-22-28-42(46)50-35-40(36-52-54(48,49)51-33-32-45(7,8)9)53-43(47)34-38(3)26-23-25-37(2)29-30-41-39(4)27-24-31-44(41,5)6/h23,25-26,29-30,34,40H,10-22,24,27-28,31-33,35-36H2,1-9H3/t40-/m1/s1. The number of hydrogen-bond acceptors (Lipinski definition) is 8. The highest BCUT2D eigenvalue weighted by Gasteiger charge is 2.26. The second-order valence-corrected chi connectivity index (χ2v) is 18.2. The first-order valence-electron chi connectivity index (χ1n) is 20.6. The van der Waals surface area contributed by atoms with E-state index in [0.717, 1.165) is 31.3 Å². The van der Waals surface area contributed by atoms with Crippen LogP contribution in [0.3, 0.4) is 0 Å². The van der Waals surface area contributed by atoms with Crippen molar-refractivity contribution in [2.75, 3.05) is 47.5 Å². The number of carbonyl (C=O) groups excluding carboxylic acids is 2. The highest BCUT2D eigenvalue weighted by atomic mass is 31.2. The molecule has 2 atom stereocenters. The SMILES string of the molecule is CCCCCCCCCCCCCCCC(=O)OC[C@H](COP(=O)([O-])OCC[N+](C)(C)C)OC(=O)C=C(C)C=CC=C(C)C=CC1=C(C)CCCC1(C)C. The molecule has 9 nitrogen and oxygen atoms in total. The van der Waals surface area contributed by atoms with Gasteiger partial charge in [-0.15, -0.1) is 0 Å². The molecule has 0 aromatic carbocycles. The number of unbranched alkanes of at least 4 members (excludes halogenated alkanes) is 12. The summed E-state index contributed by atoms with van der Waals surface area (Å²) >= 11 is 0. The van der Waals surface area contributed by atoms with Gasteiger partial charge in [0.05, 0.1) is 27.7 Å². The number of ether oxygens (including phenoxy) is 2. The Kier molecular flexibility index (Phi) is 25.2. The summed E-state index contributed by atoms with van der Waals surface area (Å²) in [6.07, 6.45) is 29.6. The Morgan fingerprint density at radius 3 is 2.04 bits per heavy atom. The number of nitrogens with zero attached hydrogens (tertiary/aromatic N) is 1. The summed E-state index contributed by atoms with van der Waals surface area (Å²) in [4.78, 5) is 37.8. The lowest BCUT2D eigenvalue weighted by Gasteiger charge is -2.32. The summed E-state index contributed by atoms with van der Waals surface area (Å²) in [5, 5.41) is 0. The monoisotopic (exact) mass is 778 g/mol. The van der Waals surface area contributed by atoms with E-state index in [-0.39, 0.29) is 25.0 Å². The molecule has 0 aromatic rings. The number of carbonyl (C=O) groups is 2. The van der Waals surface area contributed by atoms with Crippen LogP contribution in [0, 0.1) is 5.41 Å². The van der Waals surface area contributed by atoms with Crippen molar-refractivity contribution in [3.05, 3.63) is 58.7 Å². The molecule has 0 aromatic heterocycles. The average Bonchev–Trinajstić information content (AvgIpc) is 3.06. The van der Waals surface area contributed by atoms with Gasteiger partial charge in [-0.2, -0.15) is 0 Å². The van der Waals surface area contributed by atoms with Crippen molar-refractivity contribution in [2.45, 2.75) is 157 Å². The molecule has 1 unspecified atom stereocenters. The third kappa shape index (κ3) is 25.7. The second kappa shape index (κ2) is 27.3. The summed E-state index contributed by atoms with van der Waals surface area (Å²) in [6.45, 7) is 12.4. The van der Waals surface area contributed by atoms with Gasteiger partial charge in [-0.25, -0.2) is 4.79 Å². The van der Waals surface area contributed by atoms with Crippen LogP contribution in [0.15, 0.2) is 58.7 Å². The average molecular weight is 778 g/mol. The van der Waals surface area contributed by atoms with E-state index < -0.39 is 32.5 Å². The van der Waals surface area contributed by atoms with E-state index in [0.29, 0.717) is 23.0 Å². The van der Waals surface area contributed by atoms with Crippen molar-refractivity contribution >= 4 is 19.8 Å². The van der Waals surface area contributed by atoms with Crippen LogP contribution in [-0.4, -0.2) is 70.0 Å². The van der Waals surface area contributed by atoms with E-state index >= 15 is 0 Å². The molecule has 1 aliphatic carbocycles. The van der Waals surface area contributed by atoms with Crippen molar-refractivity contribution in [2.24, 2.45) is 5.41 Å². The third-order valence-corrected chi connectivity index (χ3v) is 10.7. The fourth-order valence-corrected chi connectivity index (χ4v) is 7.09. The maximum atomic E-state index is 12.8. The number of likely N-dealkylation sites (N-methyl/N-ethyl adjacent to an activating group) is 1. The van der Waals surface area contributed by atoms with Crippen LogP contribution < -0.4 is 4.89 Å². The van der Waals surface area contributed by atoms with E-state index in [1.165, 1.54) is 87.9 Å². The lowest BCUT2D eigenvalue weighted by molar-refractivity contribution is -0.870. The molecule has 0 spiro atoms. The molecule has 0 aliphatic heterocycles. The van der Waals surface area contributed by atoms with Crippen LogP contribution in [-0.2, 0) is 32.7 Å². The summed E-state index contributed by atoms with van der Waals surface area (Å²) in [5.74, 6) is -1.12. The van der Waals surface area contributed by atoms with Gasteiger partial charge in [0, 0.05) is 12.5 Å². The van der Waals surface area contributed by atoms with Crippen molar-refractivity contribution in [3.8, 4) is 0 Å². The van der Waals surface area contributed by atoms with Gasteiger partial charge in [-0.05, 0) is 63.0 Å². The zero-order valence-electron chi connectivity index (χ0n) is 35.6. The molecule has 0 bridgehead atoms. The number of phosphoric acid groups is 1. The molecular formula is C44H76NO8P. The molecule has 54 heavy (non-hydrogen) atoms. The summed E-state index contributed by atoms with van der Waals surface area (Å²) in [6, 6.07) is 0. The highest BCUT2D eigenvalue weighted by molar-refractivity contribution is 7.45. The Labute approximate surface area is 329 Å². The van der Waals surface area contributed by atoms with E-state index in [1.807, 2.05) is 40.2 Å². The Morgan fingerprint density at radius 1 is 0.870 bits per heavy atom. The zero-order valence-corrected chi connectivity index (χ0v) is 36.4. The first-order valence-corrected chi connectivity index (χ1v) is 22.1. The van der Waals surface area contributed by atoms with Crippen LogP contribution in [0.5, 0.6) is 0 Å². The van der Waals surface area contributed by atoms with Crippen LogP contribution in [0.4, 0.5) is 0 Å². The second-order valence-electron chi connectivity index (χ2n) is 16.7. The number of phosphoric ester groups is 1. The lowest BCUT2D eigenvalue weighted by Crippen LogP contribution is -2.37. The predicted octanol–water partition coefficient (Wildman–Crippen LogP) is 10.7. The van der Waals surface area contributed by atoms with Gasteiger partial charge in [-0.3, -0.25) is 9.36 Å². The van der Waals surface area contributed by atoms with E-state index in [9.17, 15) is 19.0 Å². The molecule has 0 radical (unpaired) electrons. The van der Waals surface area contributed by atoms with E-state index in [4.69, 9.17) is 18.5 Å². The molecule has 1 aliphatic rings. The zero-order chi connectivity index (χ0) is 40.5. The van der Waals surface area contributed by atoms with Gasteiger partial charge in [0.1, 0.15) is 19.8 Å². The number of rotatable bonds is 29. The Hall–Kier alpha value is -2.29. The van der Waals surface area contributed by atoms with Crippen LogP contribution in [0.25, 0.3) is 0 Å². The van der Waals surface area contributed by atoms with Gasteiger partial charge in [0.25, 0.3) is 7.82 Å². The highest BCUT2D eigenvalue weighted by Crippen LogP contribution is 2.41. The quantitative estimate of drug-likeness (QED) is 0.0184. The first kappa shape index (κ1) is 49.7. The molecule has 0 N–H and O–H groups in total. The van der Waals surface area contributed by atoms with Crippen molar-refractivity contribution < 1.29 is 42.1 Å². The number of hydrogen-bond donors (Lipinski definition) is 0. The fraction of sp³-hybridized carbons (Fsp3) is 0.727. The van der Waals surface area contributed by atoms with E-state index in [1.54, 1.807) is 13.0 Å². The molecule has 310 valence electrons. The molecule has 0 saturated carbocycles. The van der Waals surface area contributed by atoms with Gasteiger partial charge < -0.3 is 27.9 Å². The van der Waals surface area contributed by atoms with Crippen molar-refractivity contribution in [1.82, 2.24) is 0 Å². The van der Waals surface area contributed by atoms with Crippen molar-refractivity contribution in [1.29, 1.82) is 0 Å². The third-order valence-electron chi connectivity index (χ3n) is 9.75. The summed E-state index contributed by atoms with van der Waals surface area (Å²) in [5.41, 5.74) is 4.73. The molecule has 10 heteroatoms. The van der Waals surface area contributed by atoms with Gasteiger partial charge >= 0.3 is 11.9 Å². The number of esters is 2. The smallest absolute Gasteiger partial charge is 0.331 e. The van der Waals surface area contributed by atoms with Crippen LogP contribution in [0.2, 0.25) is 0 Å².